The predicted molar refractivity (Wildman–Crippen MR) is 88.2 cm³/mol. The standard InChI is InChI=1S/C17H19NO4P/c1-13-8-10-16(11-9-13)22-23(20)18-14(2)17(19)21-12-15-6-4-3-5-7-15/h3-11,14H,12H2,1-2H3,(H,18,20)/q+1/t14-/m0/s1. The quantitative estimate of drug-likeness (QED) is 0.618. The lowest BCUT2D eigenvalue weighted by atomic mass is 10.2. The van der Waals surface area contributed by atoms with Crippen molar-refractivity contribution in [1.29, 1.82) is 0 Å². The monoisotopic (exact) mass is 332 g/mol. The normalized spacial score (nSPS) is 12.3. The van der Waals surface area contributed by atoms with Gasteiger partial charge in [0.15, 0.2) is 5.75 Å². The predicted octanol–water partition coefficient (Wildman–Crippen LogP) is 3.75. The molecule has 120 valence electrons. The Kier molecular flexibility index (Phi) is 6.27. The molecule has 2 rings (SSSR count). The van der Waals surface area contributed by atoms with E-state index in [2.05, 4.69) is 5.09 Å². The van der Waals surface area contributed by atoms with Crippen LogP contribution >= 0.6 is 8.18 Å². The maximum atomic E-state index is 11.9. The summed E-state index contributed by atoms with van der Waals surface area (Å²) in [6.45, 7) is 3.72. The van der Waals surface area contributed by atoms with Crippen LogP contribution < -0.4 is 9.61 Å². The molecule has 0 saturated heterocycles. The molecular formula is C17H19NO4P+. The minimum absolute atomic E-state index is 0.182. The number of rotatable bonds is 7. The molecule has 23 heavy (non-hydrogen) atoms. The lowest BCUT2D eigenvalue weighted by Crippen LogP contribution is -2.31. The number of hydrogen-bond donors (Lipinski definition) is 1. The molecule has 0 aliphatic rings. The van der Waals surface area contributed by atoms with Crippen LogP contribution in [0, 0.1) is 6.92 Å². The molecule has 2 atom stereocenters. The second-order valence-electron chi connectivity index (χ2n) is 5.11. The number of nitrogens with one attached hydrogen (secondary N) is 1. The van der Waals surface area contributed by atoms with Gasteiger partial charge in [-0.15, -0.1) is 0 Å². The molecule has 6 heteroatoms. The lowest BCUT2D eigenvalue weighted by Gasteiger charge is -2.07. The van der Waals surface area contributed by atoms with E-state index in [1.807, 2.05) is 49.4 Å². The molecule has 0 bridgehead atoms. The zero-order valence-electron chi connectivity index (χ0n) is 13.1. The third-order valence-corrected chi connectivity index (χ3v) is 4.06. The molecule has 0 radical (unpaired) electrons. The highest BCUT2D eigenvalue weighted by Gasteiger charge is 2.28. The highest BCUT2D eigenvalue weighted by molar-refractivity contribution is 7.37. The Morgan fingerprint density at radius 2 is 1.78 bits per heavy atom. The Labute approximate surface area is 136 Å². The summed E-state index contributed by atoms with van der Waals surface area (Å²) in [5.41, 5.74) is 1.98. The van der Waals surface area contributed by atoms with E-state index in [0.29, 0.717) is 5.75 Å². The van der Waals surface area contributed by atoms with Gasteiger partial charge in [0.2, 0.25) is 0 Å². The van der Waals surface area contributed by atoms with Gasteiger partial charge in [0, 0.05) is 4.57 Å². The molecule has 1 unspecified atom stereocenters. The molecule has 0 spiro atoms. The minimum atomic E-state index is -2.20. The molecule has 0 aromatic heterocycles. The van der Waals surface area contributed by atoms with Crippen molar-refractivity contribution in [3.05, 3.63) is 65.7 Å². The molecule has 0 aliphatic heterocycles. The molecule has 0 saturated carbocycles. The molecule has 5 nitrogen and oxygen atoms in total. The zero-order valence-corrected chi connectivity index (χ0v) is 14.0. The molecule has 0 aliphatic carbocycles. The van der Waals surface area contributed by atoms with Crippen molar-refractivity contribution in [3.8, 4) is 5.75 Å². The summed E-state index contributed by atoms with van der Waals surface area (Å²) in [4.78, 5) is 11.9. The third kappa shape index (κ3) is 5.81. The fourth-order valence-electron chi connectivity index (χ4n) is 1.79. The summed E-state index contributed by atoms with van der Waals surface area (Å²) in [5, 5.41) is 2.59. The summed E-state index contributed by atoms with van der Waals surface area (Å²) in [6.07, 6.45) is 0. The van der Waals surface area contributed by atoms with E-state index in [0.717, 1.165) is 11.1 Å². The number of hydrogen-bond acceptors (Lipinski definition) is 4. The smallest absolute Gasteiger partial charge is 0.460 e. The molecule has 0 fully saturated rings. The van der Waals surface area contributed by atoms with E-state index in [1.54, 1.807) is 19.1 Å². The van der Waals surface area contributed by atoms with Crippen molar-refractivity contribution in [2.24, 2.45) is 0 Å². The maximum absolute atomic E-state index is 11.9. The van der Waals surface area contributed by atoms with Crippen LogP contribution in [-0.4, -0.2) is 12.0 Å². The van der Waals surface area contributed by atoms with Gasteiger partial charge in [0.05, 0.1) is 0 Å². The molecule has 2 aromatic rings. The van der Waals surface area contributed by atoms with Gasteiger partial charge in [-0.25, -0.2) is 4.52 Å². The zero-order chi connectivity index (χ0) is 16.7. The highest BCUT2D eigenvalue weighted by atomic mass is 31.1. The number of aryl methyl sites for hydroxylation is 1. The van der Waals surface area contributed by atoms with E-state index >= 15 is 0 Å². The van der Waals surface area contributed by atoms with Crippen LogP contribution in [0.5, 0.6) is 5.75 Å². The Hall–Kier alpha value is -2.23. The van der Waals surface area contributed by atoms with Crippen LogP contribution in [0.3, 0.4) is 0 Å². The molecule has 0 heterocycles. The van der Waals surface area contributed by atoms with Gasteiger partial charge in [-0.3, -0.25) is 4.79 Å². The van der Waals surface area contributed by atoms with Gasteiger partial charge in [-0.05, 0) is 31.5 Å². The Morgan fingerprint density at radius 3 is 2.43 bits per heavy atom. The maximum Gasteiger partial charge on any atom is 0.664 e. The average molecular weight is 332 g/mol. The first-order valence-corrected chi connectivity index (χ1v) is 8.41. The molecule has 2 aromatic carbocycles. The van der Waals surface area contributed by atoms with E-state index < -0.39 is 20.2 Å². The molecule has 0 amide bonds. The minimum Gasteiger partial charge on any atom is -0.460 e. The van der Waals surface area contributed by atoms with Crippen LogP contribution in [0.4, 0.5) is 0 Å². The fraction of sp³-hybridized carbons (Fsp3) is 0.235. The summed E-state index contributed by atoms with van der Waals surface area (Å²) in [6, 6.07) is 15.8. The van der Waals surface area contributed by atoms with Gasteiger partial charge < -0.3 is 4.74 Å². The van der Waals surface area contributed by atoms with Crippen LogP contribution in [0.15, 0.2) is 54.6 Å². The largest absolute Gasteiger partial charge is 0.664 e. The molecular weight excluding hydrogens is 313 g/mol. The van der Waals surface area contributed by atoms with Gasteiger partial charge in [-0.2, -0.15) is 0 Å². The van der Waals surface area contributed by atoms with Crippen molar-refractivity contribution in [2.75, 3.05) is 0 Å². The number of carbonyl (C=O) groups excluding carboxylic acids is 1. The summed E-state index contributed by atoms with van der Waals surface area (Å²) in [7, 11) is -2.20. The van der Waals surface area contributed by atoms with E-state index in [1.165, 1.54) is 0 Å². The topological polar surface area (TPSA) is 64.6 Å². The van der Waals surface area contributed by atoms with Crippen molar-refractivity contribution >= 4 is 14.1 Å². The van der Waals surface area contributed by atoms with E-state index in [9.17, 15) is 9.36 Å². The van der Waals surface area contributed by atoms with Crippen LogP contribution in [-0.2, 0) is 20.7 Å². The van der Waals surface area contributed by atoms with Gasteiger partial charge in [0.25, 0.3) is 0 Å². The number of carbonyl (C=O) groups is 1. The fourth-order valence-corrected chi connectivity index (χ4v) is 2.57. The SMILES string of the molecule is Cc1ccc(O[P+](=O)N[C@@H](C)C(=O)OCc2ccccc2)cc1. The average Bonchev–Trinajstić information content (AvgIpc) is 2.55. The van der Waals surface area contributed by atoms with Crippen molar-refractivity contribution < 1.29 is 18.6 Å². The number of esters is 1. The van der Waals surface area contributed by atoms with E-state index in [4.69, 9.17) is 9.26 Å². The van der Waals surface area contributed by atoms with Crippen LogP contribution in [0.25, 0.3) is 0 Å². The summed E-state index contributed by atoms with van der Waals surface area (Å²) < 4.78 is 22.3. The Balaban J connectivity index is 1.78. The number of ether oxygens (including phenoxy) is 1. The second kappa shape index (κ2) is 8.42. The van der Waals surface area contributed by atoms with Gasteiger partial charge >= 0.3 is 14.1 Å². The first kappa shape index (κ1) is 17.1. The van der Waals surface area contributed by atoms with Crippen LogP contribution in [0.2, 0.25) is 0 Å². The first-order valence-electron chi connectivity index (χ1n) is 7.23. The lowest BCUT2D eigenvalue weighted by molar-refractivity contribution is -0.146. The van der Waals surface area contributed by atoms with Gasteiger partial charge in [-0.1, -0.05) is 53.1 Å². The summed E-state index contributed by atoms with van der Waals surface area (Å²) in [5.74, 6) is -0.00114. The number of benzene rings is 2. The molecule has 1 N–H and O–H groups in total. The van der Waals surface area contributed by atoms with Crippen molar-refractivity contribution in [1.82, 2.24) is 5.09 Å². The van der Waals surface area contributed by atoms with Crippen LogP contribution in [0.1, 0.15) is 18.1 Å². The Bertz CT molecular complexity index is 658. The van der Waals surface area contributed by atoms with Crippen molar-refractivity contribution in [2.45, 2.75) is 26.5 Å². The van der Waals surface area contributed by atoms with E-state index in [-0.39, 0.29) is 6.61 Å². The first-order chi connectivity index (χ1) is 11.0. The second-order valence-corrected chi connectivity index (χ2v) is 6.06. The summed E-state index contributed by atoms with van der Waals surface area (Å²) >= 11 is 0. The van der Waals surface area contributed by atoms with Crippen molar-refractivity contribution in [3.63, 3.8) is 0 Å². The third-order valence-electron chi connectivity index (χ3n) is 3.09. The highest BCUT2D eigenvalue weighted by Crippen LogP contribution is 2.24. The van der Waals surface area contributed by atoms with Gasteiger partial charge in [0.1, 0.15) is 12.6 Å². The Morgan fingerprint density at radius 1 is 1.13 bits per heavy atom.